The fourth-order valence-corrected chi connectivity index (χ4v) is 8.57. The number of hydrogen-bond acceptors (Lipinski definition) is 5. The van der Waals surface area contributed by atoms with E-state index in [1.165, 1.54) is 83.5 Å². The number of quaternary nitrogens is 1. The van der Waals surface area contributed by atoms with Gasteiger partial charge in [-0.2, -0.15) is 0 Å². The van der Waals surface area contributed by atoms with Crippen molar-refractivity contribution in [3.63, 3.8) is 0 Å². The van der Waals surface area contributed by atoms with Crippen molar-refractivity contribution in [3.05, 3.63) is 146 Å². The van der Waals surface area contributed by atoms with Gasteiger partial charge in [-0.3, -0.25) is 13.8 Å². The zero-order valence-electron chi connectivity index (χ0n) is 49.2. The summed E-state index contributed by atoms with van der Waals surface area (Å²) in [6, 6.07) is -0.884. The van der Waals surface area contributed by atoms with Gasteiger partial charge >= 0.3 is 7.82 Å². The number of nitrogens with one attached hydrogen (secondary N) is 1. The molecule has 0 radical (unpaired) electrons. The highest BCUT2D eigenvalue weighted by Gasteiger charge is 2.27. The van der Waals surface area contributed by atoms with Gasteiger partial charge in [0.15, 0.2) is 0 Å². The van der Waals surface area contributed by atoms with Crippen LogP contribution in [-0.2, 0) is 18.4 Å². The molecule has 8 nitrogen and oxygen atoms in total. The first-order valence-electron chi connectivity index (χ1n) is 30.2. The van der Waals surface area contributed by atoms with Crippen LogP contribution in [0, 0.1) is 0 Å². The van der Waals surface area contributed by atoms with E-state index in [1.54, 1.807) is 6.08 Å². The lowest BCUT2D eigenvalue weighted by Crippen LogP contribution is -2.45. The van der Waals surface area contributed by atoms with Gasteiger partial charge in [-0.25, -0.2) is 4.57 Å². The van der Waals surface area contributed by atoms with Crippen molar-refractivity contribution in [2.75, 3.05) is 40.9 Å². The van der Waals surface area contributed by atoms with Gasteiger partial charge < -0.3 is 19.8 Å². The molecule has 0 aliphatic carbocycles. The van der Waals surface area contributed by atoms with Gasteiger partial charge in [-0.1, -0.05) is 243 Å². The van der Waals surface area contributed by atoms with Crippen LogP contribution < -0.4 is 5.32 Å². The fraction of sp³-hybridized carbons (Fsp3) is 0.627. The summed E-state index contributed by atoms with van der Waals surface area (Å²) in [5, 5.41) is 13.9. The third-order valence-corrected chi connectivity index (χ3v) is 13.5. The van der Waals surface area contributed by atoms with E-state index in [9.17, 15) is 19.4 Å². The molecule has 0 saturated carbocycles. The summed E-state index contributed by atoms with van der Waals surface area (Å²) in [4.78, 5) is 23.3. The Morgan fingerprint density at radius 1 is 0.461 bits per heavy atom. The van der Waals surface area contributed by atoms with Crippen molar-refractivity contribution in [1.29, 1.82) is 0 Å². The summed E-state index contributed by atoms with van der Waals surface area (Å²) in [7, 11) is 1.52. The average Bonchev–Trinajstić information content (AvgIpc) is 3.38. The number of carbonyl (C=O) groups excluding carboxylic acids is 1. The molecule has 0 saturated heterocycles. The minimum Gasteiger partial charge on any atom is -0.387 e. The third kappa shape index (κ3) is 58.1. The summed E-state index contributed by atoms with van der Waals surface area (Å²) in [5.41, 5.74) is 0. The molecular weight excluding hydrogens is 960 g/mol. The number of aliphatic hydroxyl groups is 1. The number of amides is 1. The van der Waals surface area contributed by atoms with Crippen LogP contribution in [0.15, 0.2) is 146 Å². The second-order valence-electron chi connectivity index (χ2n) is 21.0. The Hall–Kier alpha value is -3.62. The maximum atomic E-state index is 13.0. The highest BCUT2D eigenvalue weighted by Crippen LogP contribution is 2.43. The molecule has 0 aliphatic rings. The Morgan fingerprint density at radius 3 is 1.21 bits per heavy atom. The minimum absolute atomic E-state index is 0.0449. The smallest absolute Gasteiger partial charge is 0.387 e. The molecule has 9 heteroatoms. The number of unbranched alkanes of at least 4 members (excludes halogenated alkanes) is 18. The predicted octanol–water partition coefficient (Wildman–Crippen LogP) is 18.9. The standard InChI is InChI=1S/C67H113N2O6P/c1-6-8-10-12-14-16-18-20-22-24-25-26-27-28-29-30-31-32-33-34-35-36-37-38-39-40-41-42-43-45-47-49-51-53-55-57-59-61-67(71)68-65(64-75-76(72,73)74-63-62-69(3,4)5)66(70)60-58-56-54-52-50-48-46-44-23-21-19-17-15-13-11-9-7-2/h8,10,14,16,20,22-23,25-26,28-29,31-32,34-35,37-38,40-41,44,50,52,58,60,65-66,70H,6-7,9,11-13,15,17-19,21,24,27,30,33,36,39,42-43,45-49,51,53-57,59,61-64H2,1-5H3,(H-,68,71,72,73)/p+1/b10-8-,16-14-,22-20-,26-25-,29-28-,32-31-,35-34-,38-37-,41-40-,44-23+,52-50+,60-58+. The molecule has 3 unspecified atom stereocenters. The Morgan fingerprint density at radius 2 is 0.803 bits per heavy atom. The summed E-state index contributed by atoms with van der Waals surface area (Å²) < 4.78 is 23.7. The Labute approximate surface area is 468 Å². The van der Waals surface area contributed by atoms with Crippen LogP contribution in [-0.4, -0.2) is 73.4 Å². The third-order valence-electron chi connectivity index (χ3n) is 12.5. The van der Waals surface area contributed by atoms with Gasteiger partial charge in [0.1, 0.15) is 13.2 Å². The summed E-state index contributed by atoms with van der Waals surface area (Å²) in [6.07, 6.45) is 86.7. The topological polar surface area (TPSA) is 105 Å². The number of aliphatic hydroxyl groups excluding tert-OH is 1. The van der Waals surface area contributed by atoms with Crippen LogP contribution in [0.1, 0.15) is 219 Å². The number of nitrogens with zero attached hydrogens (tertiary/aromatic N) is 1. The van der Waals surface area contributed by atoms with Crippen LogP contribution in [0.2, 0.25) is 0 Å². The number of rotatable bonds is 53. The molecule has 0 aromatic carbocycles. The monoisotopic (exact) mass is 1070 g/mol. The highest BCUT2D eigenvalue weighted by molar-refractivity contribution is 7.47. The lowest BCUT2D eigenvalue weighted by atomic mass is 10.1. The number of hydrogen-bond donors (Lipinski definition) is 3. The SMILES string of the molecule is CC/C=C\C/C=C\C/C=C\C/C=C\C/C=C\C/C=C\C/C=C\C/C=C\C/C=C\CCCCCCCCCCCC(=O)NC(COP(=O)(O)OCC[N+](C)(C)C)C(O)/C=C/CC/C=C/CC/C=C/CCCCCCCCC. The molecule has 0 bridgehead atoms. The number of carbonyl (C=O) groups is 1. The normalized spacial score (nSPS) is 14.9. The summed E-state index contributed by atoms with van der Waals surface area (Å²) >= 11 is 0. The zero-order valence-corrected chi connectivity index (χ0v) is 50.1. The van der Waals surface area contributed by atoms with Crippen LogP contribution >= 0.6 is 7.82 Å². The maximum Gasteiger partial charge on any atom is 0.472 e. The highest BCUT2D eigenvalue weighted by atomic mass is 31.2. The van der Waals surface area contributed by atoms with Crippen molar-refractivity contribution >= 4 is 13.7 Å². The van der Waals surface area contributed by atoms with E-state index < -0.39 is 20.0 Å². The molecule has 1 amide bonds. The molecule has 3 N–H and O–H groups in total. The number of allylic oxidation sites excluding steroid dienone is 23. The molecule has 0 spiro atoms. The van der Waals surface area contributed by atoms with Crippen LogP contribution in [0.3, 0.4) is 0 Å². The Kier molecular flexibility index (Phi) is 53.4. The number of likely N-dealkylation sites (N-methyl/N-ethyl adjacent to an activating group) is 1. The first-order valence-corrected chi connectivity index (χ1v) is 31.7. The van der Waals surface area contributed by atoms with E-state index >= 15 is 0 Å². The Bertz CT molecular complexity index is 1740. The molecule has 432 valence electrons. The number of phosphoric acid groups is 1. The first kappa shape index (κ1) is 72.4. The van der Waals surface area contributed by atoms with Crippen molar-refractivity contribution in [2.45, 2.75) is 231 Å². The second kappa shape index (κ2) is 56.1. The van der Waals surface area contributed by atoms with E-state index in [0.29, 0.717) is 17.4 Å². The lowest BCUT2D eigenvalue weighted by Gasteiger charge is -2.25. The van der Waals surface area contributed by atoms with Crippen LogP contribution in [0.4, 0.5) is 0 Å². The number of phosphoric ester groups is 1. The van der Waals surface area contributed by atoms with Crippen molar-refractivity contribution < 1.29 is 32.9 Å². The predicted molar refractivity (Wildman–Crippen MR) is 331 cm³/mol. The molecule has 0 aromatic rings. The molecular formula is C67H114N2O6P+. The lowest BCUT2D eigenvalue weighted by molar-refractivity contribution is -0.870. The van der Waals surface area contributed by atoms with Gasteiger partial charge in [-0.05, 0) is 116 Å². The Balaban J connectivity index is 4.22. The van der Waals surface area contributed by atoms with E-state index in [1.807, 2.05) is 27.2 Å². The quantitative estimate of drug-likeness (QED) is 0.0243. The molecule has 0 rings (SSSR count). The first-order chi connectivity index (χ1) is 37.0. The van der Waals surface area contributed by atoms with Crippen molar-refractivity contribution in [1.82, 2.24) is 5.32 Å². The van der Waals surface area contributed by atoms with E-state index in [4.69, 9.17) is 9.05 Å². The van der Waals surface area contributed by atoms with Crippen molar-refractivity contribution in [2.24, 2.45) is 0 Å². The van der Waals surface area contributed by atoms with Gasteiger partial charge in [0, 0.05) is 6.42 Å². The van der Waals surface area contributed by atoms with Gasteiger partial charge in [0.2, 0.25) is 5.91 Å². The summed E-state index contributed by atoms with van der Waals surface area (Å²) in [6.45, 7) is 4.64. The van der Waals surface area contributed by atoms with E-state index in [2.05, 4.69) is 153 Å². The molecule has 0 aromatic heterocycles. The molecule has 3 atom stereocenters. The van der Waals surface area contributed by atoms with Gasteiger partial charge in [0.25, 0.3) is 0 Å². The minimum atomic E-state index is -4.37. The average molecular weight is 1070 g/mol. The zero-order chi connectivity index (χ0) is 55.6. The maximum absolute atomic E-state index is 13.0. The molecule has 0 fully saturated rings. The van der Waals surface area contributed by atoms with E-state index in [-0.39, 0.29) is 19.1 Å². The summed E-state index contributed by atoms with van der Waals surface area (Å²) in [5.74, 6) is -0.204. The molecule has 0 aliphatic heterocycles. The molecule has 0 heterocycles. The van der Waals surface area contributed by atoms with Gasteiger partial charge in [0.05, 0.1) is 39.9 Å². The van der Waals surface area contributed by atoms with E-state index in [0.717, 1.165) is 116 Å². The second-order valence-corrected chi connectivity index (χ2v) is 22.4. The largest absolute Gasteiger partial charge is 0.472 e. The fourth-order valence-electron chi connectivity index (χ4n) is 7.83. The van der Waals surface area contributed by atoms with Crippen molar-refractivity contribution in [3.8, 4) is 0 Å². The van der Waals surface area contributed by atoms with Gasteiger partial charge in [-0.15, -0.1) is 0 Å². The van der Waals surface area contributed by atoms with Crippen LogP contribution in [0.5, 0.6) is 0 Å². The molecule has 76 heavy (non-hydrogen) atoms. The van der Waals surface area contributed by atoms with Crippen LogP contribution in [0.25, 0.3) is 0 Å².